The molecule has 0 aliphatic heterocycles. The molecule has 0 aliphatic carbocycles. The van der Waals surface area contributed by atoms with Crippen molar-refractivity contribution in [3.63, 3.8) is 0 Å². The minimum absolute atomic E-state index is 0.0286. The minimum Gasteiger partial charge on any atom is -0.489 e. The number of hydrogen-bond donors (Lipinski definition) is 1. The van der Waals surface area contributed by atoms with Crippen LogP contribution in [-0.4, -0.2) is 0 Å². The molecule has 0 saturated carbocycles. The normalized spacial score (nSPS) is 10.4. The average Bonchev–Trinajstić information content (AvgIpc) is 2.35. The summed E-state index contributed by atoms with van der Waals surface area (Å²) in [7, 11) is 0. The number of nitrogen functional groups attached to an aromatic ring is 1. The van der Waals surface area contributed by atoms with Gasteiger partial charge in [-0.1, -0.05) is 17.7 Å². The van der Waals surface area contributed by atoms with Crippen LogP contribution in [0.5, 0.6) is 5.75 Å². The van der Waals surface area contributed by atoms with Crippen LogP contribution in [0.4, 0.5) is 14.5 Å². The molecule has 2 rings (SSSR count). The third kappa shape index (κ3) is 2.90. The van der Waals surface area contributed by atoms with Crippen molar-refractivity contribution in [3.05, 3.63) is 58.6 Å². The summed E-state index contributed by atoms with van der Waals surface area (Å²) in [5.41, 5.74) is 6.04. The fourth-order valence-electron chi connectivity index (χ4n) is 1.39. The van der Waals surface area contributed by atoms with Crippen molar-refractivity contribution in [2.75, 3.05) is 5.73 Å². The van der Waals surface area contributed by atoms with Crippen molar-refractivity contribution < 1.29 is 13.5 Å². The average molecular weight is 270 g/mol. The first-order chi connectivity index (χ1) is 8.56. The first-order valence-corrected chi connectivity index (χ1v) is 5.56. The molecule has 5 heteroatoms. The molecule has 2 aromatic carbocycles. The Labute approximate surface area is 108 Å². The summed E-state index contributed by atoms with van der Waals surface area (Å²) in [6.07, 6.45) is 0. The van der Waals surface area contributed by atoms with E-state index >= 15 is 0 Å². The zero-order chi connectivity index (χ0) is 13.1. The zero-order valence-electron chi connectivity index (χ0n) is 9.29. The number of hydrogen-bond acceptors (Lipinski definition) is 2. The number of benzene rings is 2. The van der Waals surface area contributed by atoms with Gasteiger partial charge in [-0.3, -0.25) is 0 Å². The maximum atomic E-state index is 13.2. The highest BCUT2D eigenvalue weighted by molar-refractivity contribution is 6.30. The smallest absolute Gasteiger partial charge is 0.146 e. The van der Waals surface area contributed by atoms with Crippen LogP contribution in [0.15, 0.2) is 36.4 Å². The molecule has 0 saturated heterocycles. The third-order valence-corrected chi connectivity index (χ3v) is 2.67. The van der Waals surface area contributed by atoms with Crippen molar-refractivity contribution in [2.45, 2.75) is 6.61 Å². The molecule has 0 bridgehead atoms. The van der Waals surface area contributed by atoms with Crippen molar-refractivity contribution in [1.29, 1.82) is 0 Å². The van der Waals surface area contributed by atoms with Gasteiger partial charge in [0.25, 0.3) is 0 Å². The van der Waals surface area contributed by atoms with Gasteiger partial charge in [0.05, 0.1) is 10.7 Å². The lowest BCUT2D eigenvalue weighted by molar-refractivity contribution is 0.304. The van der Waals surface area contributed by atoms with Crippen LogP contribution in [0, 0.1) is 11.6 Å². The topological polar surface area (TPSA) is 35.2 Å². The van der Waals surface area contributed by atoms with Gasteiger partial charge in [0, 0.05) is 6.07 Å². The fourth-order valence-corrected chi connectivity index (χ4v) is 1.51. The molecular formula is C13H10ClF2NO. The van der Waals surface area contributed by atoms with E-state index in [2.05, 4.69) is 0 Å². The Kier molecular flexibility index (Phi) is 3.67. The molecule has 2 N–H and O–H groups in total. The second-order valence-electron chi connectivity index (χ2n) is 3.72. The van der Waals surface area contributed by atoms with Gasteiger partial charge in [-0.05, 0) is 29.8 Å². The predicted molar refractivity (Wildman–Crippen MR) is 66.6 cm³/mol. The molecule has 0 amide bonds. The van der Waals surface area contributed by atoms with Gasteiger partial charge >= 0.3 is 0 Å². The maximum Gasteiger partial charge on any atom is 0.146 e. The Morgan fingerprint density at radius 2 is 1.83 bits per heavy atom. The molecule has 18 heavy (non-hydrogen) atoms. The number of ether oxygens (including phenoxy) is 1. The predicted octanol–water partition coefficient (Wildman–Crippen LogP) is 3.78. The lowest BCUT2D eigenvalue weighted by Crippen LogP contribution is -1.98. The van der Waals surface area contributed by atoms with E-state index in [0.717, 1.165) is 0 Å². The van der Waals surface area contributed by atoms with Gasteiger partial charge in [0.1, 0.15) is 24.0 Å². The summed E-state index contributed by atoms with van der Waals surface area (Å²) >= 11 is 5.54. The number of halogens is 3. The lowest BCUT2D eigenvalue weighted by atomic mass is 10.2. The van der Waals surface area contributed by atoms with E-state index in [0.29, 0.717) is 11.3 Å². The molecule has 2 aromatic rings. The molecule has 0 aromatic heterocycles. The largest absolute Gasteiger partial charge is 0.489 e. The van der Waals surface area contributed by atoms with Gasteiger partial charge in [0.2, 0.25) is 0 Å². The zero-order valence-corrected chi connectivity index (χ0v) is 10.0. The van der Waals surface area contributed by atoms with E-state index in [1.165, 1.54) is 24.3 Å². The van der Waals surface area contributed by atoms with Crippen molar-refractivity contribution in [2.24, 2.45) is 0 Å². The summed E-state index contributed by atoms with van der Waals surface area (Å²) in [5, 5.41) is 0.0286. The molecule has 2 nitrogen and oxygen atoms in total. The molecule has 0 spiro atoms. The quantitative estimate of drug-likeness (QED) is 0.861. The Bertz CT molecular complexity index is 523. The number of anilines is 1. The highest BCUT2D eigenvalue weighted by Crippen LogP contribution is 2.21. The van der Waals surface area contributed by atoms with Gasteiger partial charge < -0.3 is 10.5 Å². The van der Waals surface area contributed by atoms with Gasteiger partial charge in [-0.2, -0.15) is 0 Å². The summed E-state index contributed by atoms with van der Waals surface area (Å²) in [4.78, 5) is 0. The van der Waals surface area contributed by atoms with E-state index in [9.17, 15) is 8.78 Å². The van der Waals surface area contributed by atoms with Crippen LogP contribution in [0.25, 0.3) is 0 Å². The Hall–Kier alpha value is -1.81. The van der Waals surface area contributed by atoms with Crippen molar-refractivity contribution >= 4 is 17.3 Å². The fraction of sp³-hybridized carbons (Fsp3) is 0.0769. The molecule has 0 unspecified atom stereocenters. The second kappa shape index (κ2) is 5.23. The number of nitrogens with two attached hydrogens (primary N) is 1. The second-order valence-corrected chi connectivity index (χ2v) is 4.13. The van der Waals surface area contributed by atoms with Crippen LogP contribution in [0.3, 0.4) is 0 Å². The molecule has 0 radical (unpaired) electrons. The Morgan fingerprint density at radius 1 is 1.06 bits per heavy atom. The number of rotatable bonds is 3. The molecule has 0 atom stereocenters. The van der Waals surface area contributed by atoms with Crippen LogP contribution >= 0.6 is 11.6 Å². The maximum absolute atomic E-state index is 13.2. The summed E-state index contributed by atoms with van der Waals surface area (Å²) < 4.78 is 31.6. The third-order valence-electron chi connectivity index (χ3n) is 2.36. The molecule has 0 fully saturated rings. The molecule has 0 aliphatic rings. The van der Waals surface area contributed by atoms with Crippen LogP contribution in [-0.2, 0) is 6.61 Å². The minimum atomic E-state index is -0.558. The standard InChI is InChI=1S/C13H10ClF2NO/c14-10-3-2-9(6-11(10)15)18-7-8-1-4-13(17)12(16)5-8/h1-6H,7,17H2. The molecule has 94 valence electrons. The molecule has 0 heterocycles. The van der Waals surface area contributed by atoms with E-state index in [4.69, 9.17) is 22.1 Å². The van der Waals surface area contributed by atoms with Gasteiger partial charge in [-0.25, -0.2) is 8.78 Å². The van der Waals surface area contributed by atoms with Crippen LogP contribution in [0.2, 0.25) is 5.02 Å². The van der Waals surface area contributed by atoms with Crippen LogP contribution < -0.4 is 10.5 Å². The SMILES string of the molecule is Nc1ccc(COc2ccc(Cl)c(F)c2)cc1F. The summed E-state index contributed by atoms with van der Waals surface area (Å²) in [5.74, 6) is -0.731. The summed E-state index contributed by atoms with van der Waals surface area (Å²) in [6.45, 7) is 0.123. The Morgan fingerprint density at radius 3 is 2.50 bits per heavy atom. The monoisotopic (exact) mass is 269 g/mol. The van der Waals surface area contributed by atoms with E-state index in [1.54, 1.807) is 12.1 Å². The van der Waals surface area contributed by atoms with Crippen LogP contribution in [0.1, 0.15) is 5.56 Å². The highest BCUT2D eigenvalue weighted by Gasteiger charge is 2.04. The summed E-state index contributed by atoms with van der Waals surface area (Å²) in [6, 6.07) is 8.49. The first kappa shape index (κ1) is 12.6. The van der Waals surface area contributed by atoms with E-state index < -0.39 is 11.6 Å². The lowest BCUT2D eigenvalue weighted by Gasteiger charge is -2.07. The van der Waals surface area contributed by atoms with Crippen molar-refractivity contribution in [1.82, 2.24) is 0 Å². The van der Waals surface area contributed by atoms with Gasteiger partial charge in [-0.15, -0.1) is 0 Å². The van der Waals surface area contributed by atoms with Gasteiger partial charge in [0.15, 0.2) is 0 Å². The Balaban J connectivity index is 2.06. The van der Waals surface area contributed by atoms with E-state index in [-0.39, 0.29) is 17.3 Å². The first-order valence-electron chi connectivity index (χ1n) is 5.18. The van der Waals surface area contributed by atoms with E-state index in [1.807, 2.05) is 0 Å². The highest BCUT2D eigenvalue weighted by atomic mass is 35.5. The molecular weight excluding hydrogens is 260 g/mol. The van der Waals surface area contributed by atoms with Crippen molar-refractivity contribution in [3.8, 4) is 5.75 Å².